The molecule has 1 amide bonds. The second kappa shape index (κ2) is 22.4. The summed E-state index contributed by atoms with van der Waals surface area (Å²) < 4.78 is 15.2. The van der Waals surface area contributed by atoms with E-state index < -0.39 is 12.1 Å². The number of rotatable bonds is 21. The highest BCUT2D eigenvalue weighted by atomic mass is 16.6. The fourth-order valence-corrected chi connectivity index (χ4v) is 3.28. The molecule has 0 aliphatic carbocycles. The highest BCUT2D eigenvalue weighted by Crippen LogP contribution is 2.12. The molecule has 1 unspecified atom stereocenters. The minimum absolute atomic E-state index is 0.163. The van der Waals surface area contributed by atoms with Crippen LogP contribution in [0.5, 0.6) is 0 Å². The molecule has 6 nitrogen and oxygen atoms in total. The van der Waals surface area contributed by atoms with E-state index in [4.69, 9.17) is 14.2 Å². The van der Waals surface area contributed by atoms with Crippen molar-refractivity contribution in [2.45, 2.75) is 116 Å². The van der Waals surface area contributed by atoms with Gasteiger partial charge in [-0.05, 0) is 12.8 Å². The Morgan fingerprint density at radius 3 is 1.73 bits per heavy atom. The van der Waals surface area contributed by atoms with Crippen LogP contribution >= 0.6 is 0 Å². The molecule has 1 N–H and O–H groups in total. The van der Waals surface area contributed by atoms with Crippen LogP contribution in [-0.4, -0.2) is 45.0 Å². The van der Waals surface area contributed by atoms with Crippen LogP contribution in [0.25, 0.3) is 0 Å². The molecule has 0 rings (SSSR count). The number of hydrogen-bond acceptors (Lipinski definition) is 5. The summed E-state index contributed by atoms with van der Waals surface area (Å²) in [6, 6.07) is -0.641. The Morgan fingerprint density at radius 2 is 1.20 bits per heavy atom. The van der Waals surface area contributed by atoms with Crippen LogP contribution in [0.1, 0.15) is 110 Å². The van der Waals surface area contributed by atoms with E-state index in [1.807, 2.05) is 6.92 Å². The number of amides is 1. The lowest BCUT2D eigenvalue weighted by Gasteiger charge is -2.17. The average Bonchev–Trinajstić information content (AvgIpc) is 2.74. The molecule has 0 aliphatic heterocycles. The standard InChI is InChI=1S/C24H47NO5/c1-4-6-8-9-10-11-12-13-14-15-16-17-19-29-23(26)22(18-7-5-2)25-24(27)30-21-20-28-3/h22H,4-21H2,1-3H3,(H,25,27). The van der Waals surface area contributed by atoms with Crippen LogP contribution in [0.4, 0.5) is 4.79 Å². The summed E-state index contributed by atoms with van der Waals surface area (Å²) in [6.07, 6.45) is 17.0. The number of carbonyl (C=O) groups is 2. The Labute approximate surface area is 184 Å². The van der Waals surface area contributed by atoms with Crippen molar-refractivity contribution in [2.24, 2.45) is 0 Å². The van der Waals surface area contributed by atoms with Gasteiger partial charge in [-0.2, -0.15) is 0 Å². The molecule has 0 heterocycles. The average molecular weight is 430 g/mol. The zero-order valence-electron chi connectivity index (χ0n) is 19.8. The van der Waals surface area contributed by atoms with E-state index in [9.17, 15) is 9.59 Å². The SMILES string of the molecule is CCCCCCCCCCCCCCOC(=O)C(CCCC)NC(=O)OCCOC. The predicted octanol–water partition coefficient (Wildman–Crippen LogP) is 6.16. The van der Waals surface area contributed by atoms with Gasteiger partial charge in [0, 0.05) is 7.11 Å². The van der Waals surface area contributed by atoms with E-state index in [1.54, 1.807) is 0 Å². The second-order valence-electron chi connectivity index (χ2n) is 8.02. The molecule has 0 radical (unpaired) electrons. The number of carbonyl (C=O) groups excluding carboxylic acids is 2. The maximum atomic E-state index is 12.3. The number of methoxy groups -OCH3 is 1. The summed E-state index contributed by atoms with van der Waals surface area (Å²) in [7, 11) is 1.54. The largest absolute Gasteiger partial charge is 0.464 e. The summed E-state index contributed by atoms with van der Waals surface area (Å²) in [6.45, 7) is 5.21. The molecular formula is C24H47NO5. The van der Waals surface area contributed by atoms with E-state index in [1.165, 1.54) is 71.3 Å². The smallest absolute Gasteiger partial charge is 0.407 e. The topological polar surface area (TPSA) is 73.9 Å². The van der Waals surface area contributed by atoms with Gasteiger partial charge in [-0.3, -0.25) is 0 Å². The summed E-state index contributed by atoms with van der Waals surface area (Å²) in [5.41, 5.74) is 0. The molecule has 0 fully saturated rings. The highest BCUT2D eigenvalue weighted by Gasteiger charge is 2.22. The number of unbranched alkanes of at least 4 members (excludes halogenated alkanes) is 12. The first-order valence-electron chi connectivity index (χ1n) is 12.2. The molecule has 30 heavy (non-hydrogen) atoms. The molecule has 6 heteroatoms. The first-order valence-corrected chi connectivity index (χ1v) is 12.2. The van der Waals surface area contributed by atoms with Crippen LogP contribution in [0.15, 0.2) is 0 Å². The van der Waals surface area contributed by atoms with Gasteiger partial charge in [0.05, 0.1) is 13.2 Å². The minimum Gasteiger partial charge on any atom is -0.464 e. The third-order valence-corrected chi connectivity index (χ3v) is 5.19. The first-order chi connectivity index (χ1) is 14.7. The number of esters is 1. The summed E-state index contributed by atoms with van der Waals surface area (Å²) in [5, 5.41) is 2.62. The number of ether oxygens (including phenoxy) is 3. The van der Waals surface area contributed by atoms with Crippen LogP contribution in [0.3, 0.4) is 0 Å². The van der Waals surface area contributed by atoms with Gasteiger partial charge in [-0.25, -0.2) is 9.59 Å². The lowest BCUT2D eigenvalue weighted by atomic mass is 10.1. The molecule has 0 saturated heterocycles. The summed E-state index contributed by atoms with van der Waals surface area (Å²) >= 11 is 0. The van der Waals surface area contributed by atoms with Gasteiger partial charge in [0.15, 0.2) is 0 Å². The molecular weight excluding hydrogens is 382 g/mol. The number of nitrogens with one attached hydrogen (secondary N) is 1. The Kier molecular flexibility index (Phi) is 21.4. The van der Waals surface area contributed by atoms with Gasteiger partial charge in [-0.1, -0.05) is 97.3 Å². The van der Waals surface area contributed by atoms with Crippen molar-refractivity contribution in [3.63, 3.8) is 0 Å². The number of alkyl carbamates (subject to hydrolysis) is 1. The van der Waals surface area contributed by atoms with Crippen molar-refractivity contribution in [1.29, 1.82) is 0 Å². The van der Waals surface area contributed by atoms with Gasteiger partial charge >= 0.3 is 12.1 Å². The quantitative estimate of drug-likeness (QED) is 0.175. The Morgan fingerprint density at radius 1 is 0.667 bits per heavy atom. The zero-order chi connectivity index (χ0) is 22.3. The lowest BCUT2D eigenvalue weighted by Crippen LogP contribution is -2.42. The molecule has 0 aromatic heterocycles. The molecule has 0 bridgehead atoms. The summed E-state index contributed by atoms with van der Waals surface area (Å²) in [4.78, 5) is 24.1. The summed E-state index contributed by atoms with van der Waals surface area (Å²) in [5.74, 6) is -0.366. The van der Waals surface area contributed by atoms with Crippen LogP contribution < -0.4 is 5.32 Å². The highest BCUT2D eigenvalue weighted by molar-refractivity contribution is 5.81. The third kappa shape index (κ3) is 18.7. The van der Waals surface area contributed by atoms with Crippen LogP contribution in [-0.2, 0) is 19.0 Å². The normalized spacial score (nSPS) is 11.8. The zero-order valence-corrected chi connectivity index (χ0v) is 19.8. The van der Waals surface area contributed by atoms with Gasteiger partial charge in [-0.15, -0.1) is 0 Å². The molecule has 0 aliphatic rings. The molecule has 178 valence electrons. The van der Waals surface area contributed by atoms with Crippen LogP contribution in [0.2, 0.25) is 0 Å². The Hall–Kier alpha value is -1.30. The Bertz CT molecular complexity index is 403. The fraction of sp³-hybridized carbons (Fsp3) is 0.917. The van der Waals surface area contributed by atoms with Crippen molar-refractivity contribution in [1.82, 2.24) is 5.32 Å². The van der Waals surface area contributed by atoms with Gasteiger partial charge < -0.3 is 19.5 Å². The molecule has 0 spiro atoms. The van der Waals surface area contributed by atoms with Crippen molar-refractivity contribution < 1.29 is 23.8 Å². The molecule has 0 aromatic carbocycles. The molecule has 0 saturated carbocycles. The van der Waals surface area contributed by atoms with E-state index in [0.717, 1.165) is 25.7 Å². The van der Waals surface area contributed by atoms with E-state index >= 15 is 0 Å². The maximum Gasteiger partial charge on any atom is 0.407 e. The van der Waals surface area contributed by atoms with Gasteiger partial charge in [0.1, 0.15) is 12.6 Å². The van der Waals surface area contributed by atoms with Crippen molar-refractivity contribution in [2.75, 3.05) is 26.9 Å². The fourth-order valence-electron chi connectivity index (χ4n) is 3.28. The van der Waals surface area contributed by atoms with Crippen LogP contribution in [0, 0.1) is 0 Å². The molecule has 0 aromatic rings. The monoisotopic (exact) mass is 429 g/mol. The first kappa shape index (κ1) is 28.7. The second-order valence-corrected chi connectivity index (χ2v) is 8.02. The predicted molar refractivity (Wildman–Crippen MR) is 122 cm³/mol. The van der Waals surface area contributed by atoms with Crippen molar-refractivity contribution in [3.8, 4) is 0 Å². The van der Waals surface area contributed by atoms with Gasteiger partial charge in [0.25, 0.3) is 0 Å². The van der Waals surface area contributed by atoms with E-state index in [2.05, 4.69) is 12.2 Å². The third-order valence-electron chi connectivity index (χ3n) is 5.19. The van der Waals surface area contributed by atoms with Gasteiger partial charge in [0.2, 0.25) is 0 Å². The maximum absolute atomic E-state index is 12.3. The van der Waals surface area contributed by atoms with Crippen molar-refractivity contribution in [3.05, 3.63) is 0 Å². The Balaban J connectivity index is 3.76. The molecule has 1 atom stereocenters. The van der Waals surface area contributed by atoms with E-state index in [0.29, 0.717) is 19.6 Å². The minimum atomic E-state index is -0.641. The van der Waals surface area contributed by atoms with E-state index in [-0.39, 0.29) is 12.6 Å². The number of hydrogen-bond donors (Lipinski definition) is 1. The lowest BCUT2D eigenvalue weighted by molar-refractivity contribution is -0.146. The van der Waals surface area contributed by atoms with Crippen molar-refractivity contribution >= 4 is 12.1 Å².